The van der Waals surface area contributed by atoms with E-state index in [4.69, 9.17) is 11.6 Å². The predicted molar refractivity (Wildman–Crippen MR) is 55.5 cm³/mol. The number of hydrogen-bond donors (Lipinski definition) is 0. The molecule has 0 aliphatic rings. The van der Waals surface area contributed by atoms with Crippen molar-refractivity contribution < 1.29 is 18.0 Å². The van der Waals surface area contributed by atoms with Crippen LogP contribution in [0.1, 0.15) is 0 Å². The molecule has 0 bridgehead atoms. The Hall–Kier alpha value is -1.23. The van der Waals surface area contributed by atoms with Crippen molar-refractivity contribution in [1.82, 2.24) is 0 Å². The molecule has 0 aliphatic heterocycles. The summed E-state index contributed by atoms with van der Waals surface area (Å²) in [6, 6.07) is 4.69. The van der Waals surface area contributed by atoms with Crippen molar-refractivity contribution in [3.05, 3.63) is 30.1 Å². The first-order valence-corrected chi connectivity index (χ1v) is 4.98. The molecule has 88 valence electrons. The maximum absolute atomic E-state index is 12.6. The fraction of sp³-hybridized carbons (Fsp3) is 0.300. The van der Waals surface area contributed by atoms with Gasteiger partial charge in [0.05, 0.1) is 6.54 Å². The van der Waals surface area contributed by atoms with Gasteiger partial charge in [0.15, 0.2) is 0 Å². The van der Waals surface area contributed by atoms with Gasteiger partial charge in [0.25, 0.3) is 6.43 Å². The molecular weight excluding hydrogens is 243 g/mol. The summed E-state index contributed by atoms with van der Waals surface area (Å²) in [4.78, 5) is 12.1. The Kier molecular flexibility index (Phi) is 4.61. The first kappa shape index (κ1) is 12.8. The highest BCUT2D eigenvalue weighted by Crippen LogP contribution is 2.16. The number of alkyl halides is 3. The van der Waals surface area contributed by atoms with Crippen molar-refractivity contribution in [2.75, 3.05) is 17.3 Å². The number of halogens is 4. The normalized spacial score (nSPS) is 10.6. The minimum atomic E-state index is -2.67. The van der Waals surface area contributed by atoms with Gasteiger partial charge in [-0.3, -0.25) is 4.79 Å². The summed E-state index contributed by atoms with van der Waals surface area (Å²) in [6.45, 7) is -0.753. The number of nitrogens with zero attached hydrogens (tertiary/aromatic N) is 1. The minimum Gasteiger partial charge on any atom is -0.306 e. The summed E-state index contributed by atoms with van der Waals surface area (Å²) in [5.74, 6) is -1.54. The summed E-state index contributed by atoms with van der Waals surface area (Å²) in [5, 5.41) is 0. The average molecular weight is 252 g/mol. The third-order valence-corrected chi connectivity index (χ3v) is 2.10. The number of rotatable bonds is 4. The Balaban J connectivity index is 2.91. The van der Waals surface area contributed by atoms with Crippen LogP contribution < -0.4 is 4.90 Å². The van der Waals surface area contributed by atoms with Gasteiger partial charge in [-0.2, -0.15) is 0 Å². The number of carbonyl (C=O) groups excluding carboxylic acids is 1. The zero-order chi connectivity index (χ0) is 12.1. The standard InChI is InChI=1S/C10H9ClF3NO/c11-5-10(16)15(6-9(13)14)8-3-1-7(12)2-4-8/h1-4,9H,5-6H2. The number of carbonyl (C=O) groups is 1. The Morgan fingerprint density at radius 3 is 2.31 bits per heavy atom. The van der Waals surface area contributed by atoms with Crippen LogP contribution in [0.4, 0.5) is 18.9 Å². The molecule has 0 heterocycles. The third kappa shape index (κ3) is 3.41. The minimum absolute atomic E-state index is 0.201. The van der Waals surface area contributed by atoms with Crippen molar-refractivity contribution in [2.45, 2.75) is 6.43 Å². The summed E-state index contributed by atoms with van der Waals surface area (Å²) < 4.78 is 37.1. The van der Waals surface area contributed by atoms with E-state index in [0.717, 1.165) is 17.0 Å². The van der Waals surface area contributed by atoms with Gasteiger partial charge in [0, 0.05) is 5.69 Å². The zero-order valence-electron chi connectivity index (χ0n) is 8.17. The number of anilines is 1. The molecule has 0 saturated carbocycles. The highest BCUT2D eigenvalue weighted by atomic mass is 35.5. The van der Waals surface area contributed by atoms with Gasteiger partial charge in [-0.25, -0.2) is 13.2 Å². The molecule has 0 spiro atoms. The largest absolute Gasteiger partial charge is 0.306 e. The van der Waals surface area contributed by atoms with Gasteiger partial charge in [-0.05, 0) is 24.3 Å². The third-order valence-electron chi connectivity index (χ3n) is 1.87. The van der Waals surface area contributed by atoms with Gasteiger partial charge in [0.2, 0.25) is 5.91 Å². The van der Waals surface area contributed by atoms with E-state index in [1.165, 1.54) is 12.1 Å². The van der Waals surface area contributed by atoms with Crippen LogP contribution in [0.3, 0.4) is 0 Å². The van der Waals surface area contributed by atoms with Crippen LogP contribution in [-0.2, 0) is 4.79 Å². The van der Waals surface area contributed by atoms with Crippen LogP contribution in [0.15, 0.2) is 24.3 Å². The molecule has 0 atom stereocenters. The van der Waals surface area contributed by atoms with Gasteiger partial charge in [-0.15, -0.1) is 11.6 Å². The molecule has 1 rings (SSSR count). The molecule has 0 unspecified atom stereocenters. The summed E-state index contributed by atoms with van der Waals surface area (Å²) in [6.07, 6.45) is -2.67. The second-order valence-corrected chi connectivity index (χ2v) is 3.27. The smallest absolute Gasteiger partial charge is 0.256 e. The quantitative estimate of drug-likeness (QED) is 0.754. The molecule has 1 aromatic rings. The van der Waals surface area contributed by atoms with E-state index < -0.39 is 30.6 Å². The molecule has 6 heteroatoms. The van der Waals surface area contributed by atoms with E-state index in [2.05, 4.69) is 0 Å². The van der Waals surface area contributed by atoms with Crippen molar-refractivity contribution in [3.8, 4) is 0 Å². The molecular formula is C10H9ClF3NO. The molecule has 0 N–H and O–H groups in total. The Labute approximate surface area is 95.6 Å². The lowest BCUT2D eigenvalue weighted by atomic mass is 10.2. The summed E-state index contributed by atoms with van der Waals surface area (Å²) in [5.41, 5.74) is 0.201. The first-order chi connectivity index (χ1) is 7.54. The number of hydrogen-bond acceptors (Lipinski definition) is 1. The van der Waals surface area contributed by atoms with E-state index in [1.54, 1.807) is 0 Å². The molecule has 0 aliphatic carbocycles. The topological polar surface area (TPSA) is 20.3 Å². The molecule has 0 radical (unpaired) electrons. The van der Waals surface area contributed by atoms with E-state index in [1.807, 2.05) is 0 Å². The summed E-state index contributed by atoms with van der Waals surface area (Å²) >= 11 is 5.30. The second-order valence-electron chi connectivity index (χ2n) is 3.01. The molecule has 16 heavy (non-hydrogen) atoms. The van der Waals surface area contributed by atoms with Crippen LogP contribution in [-0.4, -0.2) is 24.8 Å². The van der Waals surface area contributed by atoms with Crippen LogP contribution in [0, 0.1) is 5.82 Å². The van der Waals surface area contributed by atoms with E-state index in [-0.39, 0.29) is 5.69 Å². The summed E-state index contributed by atoms with van der Waals surface area (Å²) in [7, 11) is 0. The van der Waals surface area contributed by atoms with Crippen molar-refractivity contribution >= 4 is 23.2 Å². The zero-order valence-corrected chi connectivity index (χ0v) is 8.92. The lowest BCUT2D eigenvalue weighted by Crippen LogP contribution is -2.35. The van der Waals surface area contributed by atoms with E-state index in [9.17, 15) is 18.0 Å². The van der Waals surface area contributed by atoms with E-state index in [0.29, 0.717) is 0 Å². The predicted octanol–water partition coefficient (Wildman–Crippen LogP) is 2.66. The van der Waals surface area contributed by atoms with Gasteiger partial charge < -0.3 is 4.90 Å². The van der Waals surface area contributed by atoms with Crippen LogP contribution >= 0.6 is 11.6 Å². The molecule has 0 aromatic heterocycles. The fourth-order valence-corrected chi connectivity index (χ4v) is 1.33. The second kappa shape index (κ2) is 5.75. The highest BCUT2D eigenvalue weighted by molar-refractivity contribution is 6.29. The van der Waals surface area contributed by atoms with Crippen LogP contribution in [0.25, 0.3) is 0 Å². The Morgan fingerprint density at radius 1 is 1.31 bits per heavy atom. The fourth-order valence-electron chi connectivity index (χ4n) is 1.18. The van der Waals surface area contributed by atoms with Crippen molar-refractivity contribution in [1.29, 1.82) is 0 Å². The molecule has 1 aromatic carbocycles. The molecule has 2 nitrogen and oxygen atoms in total. The van der Waals surface area contributed by atoms with Crippen LogP contribution in [0.5, 0.6) is 0 Å². The van der Waals surface area contributed by atoms with Gasteiger partial charge >= 0.3 is 0 Å². The average Bonchev–Trinajstić information content (AvgIpc) is 2.26. The lowest BCUT2D eigenvalue weighted by Gasteiger charge is -2.21. The van der Waals surface area contributed by atoms with Crippen molar-refractivity contribution in [2.24, 2.45) is 0 Å². The first-order valence-electron chi connectivity index (χ1n) is 4.44. The van der Waals surface area contributed by atoms with E-state index >= 15 is 0 Å². The lowest BCUT2D eigenvalue weighted by molar-refractivity contribution is -0.116. The highest BCUT2D eigenvalue weighted by Gasteiger charge is 2.19. The molecule has 1 amide bonds. The monoisotopic (exact) mass is 251 g/mol. The molecule has 0 fully saturated rings. The Morgan fingerprint density at radius 2 is 1.88 bits per heavy atom. The number of amides is 1. The number of benzene rings is 1. The maximum Gasteiger partial charge on any atom is 0.256 e. The molecule has 0 saturated heterocycles. The SMILES string of the molecule is O=C(CCl)N(CC(F)F)c1ccc(F)cc1. The van der Waals surface area contributed by atoms with Crippen LogP contribution in [0.2, 0.25) is 0 Å². The Bertz CT molecular complexity index is 356. The maximum atomic E-state index is 12.6. The van der Waals surface area contributed by atoms with Gasteiger partial charge in [0.1, 0.15) is 11.7 Å². The van der Waals surface area contributed by atoms with Crippen molar-refractivity contribution in [3.63, 3.8) is 0 Å². The van der Waals surface area contributed by atoms with Gasteiger partial charge in [-0.1, -0.05) is 0 Å².